The summed E-state index contributed by atoms with van der Waals surface area (Å²) in [5, 5.41) is 0. The Hall–Kier alpha value is -1.45. The molecule has 0 aliphatic carbocycles. The van der Waals surface area contributed by atoms with E-state index in [1.807, 2.05) is 48.5 Å². The first-order chi connectivity index (χ1) is 8.72. The van der Waals surface area contributed by atoms with Crippen molar-refractivity contribution in [1.29, 1.82) is 0 Å². The van der Waals surface area contributed by atoms with Gasteiger partial charge in [-0.15, -0.1) is 0 Å². The van der Waals surface area contributed by atoms with E-state index in [4.69, 9.17) is 5.73 Å². The van der Waals surface area contributed by atoms with E-state index in [1.165, 1.54) is 0 Å². The Morgan fingerprint density at radius 2 is 1.72 bits per heavy atom. The van der Waals surface area contributed by atoms with Crippen LogP contribution >= 0.6 is 15.9 Å². The number of ketones is 1. The predicted octanol–water partition coefficient (Wildman–Crippen LogP) is 3.65. The van der Waals surface area contributed by atoms with Crippen molar-refractivity contribution in [3.05, 3.63) is 58.6 Å². The molecule has 92 valence electrons. The highest BCUT2D eigenvalue weighted by atomic mass is 79.9. The zero-order valence-corrected chi connectivity index (χ0v) is 11.5. The number of benzene rings is 2. The minimum atomic E-state index is 0.0937. The molecular formula is C15H14BrNO. The Morgan fingerprint density at radius 1 is 1.06 bits per heavy atom. The van der Waals surface area contributed by atoms with Gasteiger partial charge < -0.3 is 5.73 Å². The highest BCUT2D eigenvalue weighted by molar-refractivity contribution is 9.10. The van der Waals surface area contributed by atoms with Crippen molar-refractivity contribution in [2.75, 3.05) is 6.54 Å². The van der Waals surface area contributed by atoms with E-state index in [-0.39, 0.29) is 5.78 Å². The Morgan fingerprint density at radius 3 is 2.33 bits per heavy atom. The number of carbonyl (C=O) groups is 1. The second-order valence-corrected chi connectivity index (χ2v) is 4.87. The van der Waals surface area contributed by atoms with Crippen LogP contribution in [-0.2, 0) is 0 Å². The molecule has 2 nitrogen and oxygen atoms in total. The quantitative estimate of drug-likeness (QED) is 0.876. The molecule has 0 spiro atoms. The Labute approximate surface area is 115 Å². The van der Waals surface area contributed by atoms with Crippen molar-refractivity contribution < 1.29 is 4.79 Å². The van der Waals surface area contributed by atoms with Crippen LogP contribution in [0.5, 0.6) is 0 Å². The Balaban J connectivity index is 2.28. The third-order valence-electron chi connectivity index (χ3n) is 2.76. The molecule has 2 N–H and O–H groups in total. The van der Waals surface area contributed by atoms with Gasteiger partial charge in [-0.1, -0.05) is 58.4 Å². The molecule has 0 aliphatic heterocycles. The number of carbonyl (C=O) groups excluding carboxylic acids is 1. The van der Waals surface area contributed by atoms with Crippen LogP contribution in [0.15, 0.2) is 53.0 Å². The molecule has 0 amide bonds. The lowest BCUT2D eigenvalue weighted by atomic mass is 10.0. The normalized spacial score (nSPS) is 10.3. The SMILES string of the molecule is NCCC(=O)c1ccc(-c2ccccc2Br)cc1. The van der Waals surface area contributed by atoms with Gasteiger partial charge in [0.2, 0.25) is 0 Å². The molecule has 0 aromatic heterocycles. The average molecular weight is 304 g/mol. The zero-order chi connectivity index (χ0) is 13.0. The number of hydrogen-bond acceptors (Lipinski definition) is 2. The van der Waals surface area contributed by atoms with Gasteiger partial charge in [-0.3, -0.25) is 4.79 Å². The summed E-state index contributed by atoms with van der Waals surface area (Å²) in [6, 6.07) is 15.6. The molecule has 0 saturated heterocycles. The number of halogens is 1. The van der Waals surface area contributed by atoms with E-state index in [0.29, 0.717) is 13.0 Å². The van der Waals surface area contributed by atoms with Gasteiger partial charge in [0.05, 0.1) is 0 Å². The first-order valence-electron chi connectivity index (χ1n) is 5.80. The van der Waals surface area contributed by atoms with E-state index < -0.39 is 0 Å². The minimum Gasteiger partial charge on any atom is -0.330 e. The average Bonchev–Trinajstić information content (AvgIpc) is 2.40. The van der Waals surface area contributed by atoms with Gasteiger partial charge in [0, 0.05) is 16.5 Å². The molecule has 0 heterocycles. The van der Waals surface area contributed by atoms with Gasteiger partial charge in [-0.05, 0) is 23.7 Å². The third-order valence-corrected chi connectivity index (χ3v) is 3.45. The van der Waals surface area contributed by atoms with Crippen LogP contribution in [0.4, 0.5) is 0 Å². The standard InChI is InChI=1S/C15H14BrNO/c16-14-4-2-1-3-13(14)11-5-7-12(8-6-11)15(18)9-10-17/h1-8H,9-10,17H2. The van der Waals surface area contributed by atoms with E-state index in [2.05, 4.69) is 15.9 Å². The lowest BCUT2D eigenvalue weighted by molar-refractivity contribution is 0.0985. The second kappa shape index (κ2) is 5.94. The molecule has 0 aliphatic rings. The molecule has 2 aromatic rings. The summed E-state index contributed by atoms with van der Waals surface area (Å²) in [4.78, 5) is 11.7. The van der Waals surface area contributed by atoms with Crippen molar-refractivity contribution in [2.24, 2.45) is 5.73 Å². The maximum absolute atomic E-state index is 11.7. The summed E-state index contributed by atoms with van der Waals surface area (Å²) in [6.45, 7) is 0.394. The van der Waals surface area contributed by atoms with Gasteiger partial charge in [0.1, 0.15) is 0 Å². The smallest absolute Gasteiger partial charge is 0.164 e. The predicted molar refractivity (Wildman–Crippen MR) is 77.6 cm³/mol. The van der Waals surface area contributed by atoms with Gasteiger partial charge in [-0.25, -0.2) is 0 Å². The molecule has 0 unspecified atom stereocenters. The Kier molecular flexibility index (Phi) is 4.28. The highest BCUT2D eigenvalue weighted by Crippen LogP contribution is 2.28. The molecule has 0 atom stereocenters. The lowest BCUT2D eigenvalue weighted by Gasteiger charge is -2.05. The monoisotopic (exact) mass is 303 g/mol. The molecule has 18 heavy (non-hydrogen) atoms. The van der Waals surface area contributed by atoms with Crippen molar-refractivity contribution in [3.63, 3.8) is 0 Å². The van der Waals surface area contributed by atoms with Gasteiger partial charge in [0.15, 0.2) is 5.78 Å². The number of hydrogen-bond donors (Lipinski definition) is 1. The molecule has 0 radical (unpaired) electrons. The summed E-state index contributed by atoms with van der Waals surface area (Å²) >= 11 is 3.52. The highest BCUT2D eigenvalue weighted by Gasteiger charge is 2.06. The van der Waals surface area contributed by atoms with Crippen LogP contribution in [0.25, 0.3) is 11.1 Å². The van der Waals surface area contributed by atoms with Crippen molar-refractivity contribution in [2.45, 2.75) is 6.42 Å². The van der Waals surface area contributed by atoms with E-state index in [1.54, 1.807) is 0 Å². The maximum atomic E-state index is 11.7. The van der Waals surface area contributed by atoms with Crippen LogP contribution in [0.1, 0.15) is 16.8 Å². The number of rotatable bonds is 4. The van der Waals surface area contributed by atoms with Gasteiger partial charge >= 0.3 is 0 Å². The first-order valence-corrected chi connectivity index (χ1v) is 6.60. The maximum Gasteiger partial charge on any atom is 0.164 e. The summed E-state index contributed by atoms with van der Waals surface area (Å²) in [7, 11) is 0. The summed E-state index contributed by atoms with van der Waals surface area (Å²) in [5.74, 6) is 0.0937. The van der Waals surface area contributed by atoms with Crippen molar-refractivity contribution in [3.8, 4) is 11.1 Å². The molecular weight excluding hydrogens is 290 g/mol. The van der Waals surface area contributed by atoms with Crippen LogP contribution in [0, 0.1) is 0 Å². The van der Waals surface area contributed by atoms with E-state index >= 15 is 0 Å². The summed E-state index contributed by atoms with van der Waals surface area (Å²) in [5.41, 5.74) is 8.31. The second-order valence-electron chi connectivity index (χ2n) is 4.02. The van der Waals surface area contributed by atoms with E-state index in [9.17, 15) is 4.79 Å². The molecule has 0 saturated carbocycles. The summed E-state index contributed by atoms with van der Waals surface area (Å²) in [6.07, 6.45) is 0.397. The van der Waals surface area contributed by atoms with Crippen LogP contribution in [0.3, 0.4) is 0 Å². The van der Waals surface area contributed by atoms with Crippen LogP contribution in [-0.4, -0.2) is 12.3 Å². The molecule has 0 fully saturated rings. The van der Waals surface area contributed by atoms with Gasteiger partial charge in [-0.2, -0.15) is 0 Å². The van der Waals surface area contributed by atoms with Crippen LogP contribution in [0.2, 0.25) is 0 Å². The number of Topliss-reactive ketones (excluding diaryl/α,β-unsaturated/α-hetero) is 1. The summed E-state index contributed by atoms with van der Waals surface area (Å²) < 4.78 is 1.05. The molecule has 2 rings (SSSR count). The largest absolute Gasteiger partial charge is 0.330 e. The zero-order valence-electron chi connectivity index (χ0n) is 9.90. The molecule has 0 bridgehead atoms. The number of nitrogens with two attached hydrogens (primary N) is 1. The molecule has 3 heteroatoms. The first kappa shape index (κ1) is 13.0. The third kappa shape index (κ3) is 2.86. The fourth-order valence-corrected chi connectivity index (χ4v) is 2.32. The van der Waals surface area contributed by atoms with Crippen molar-refractivity contribution >= 4 is 21.7 Å². The Bertz CT molecular complexity index is 549. The fourth-order valence-electron chi connectivity index (χ4n) is 1.81. The van der Waals surface area contributed by atoms with Crippen LogP contribution < -0.4 is 5.73 Å². The fraction of sp³-hybridized carbons (Fsp3) is 0.133. The van der Waals surface area contributed by atoms with Crippen molar-refractivity contribution in [1.82, 2.24) is 0 Å². The molecule has 2 aromatic carbocycles. The lowest BCUT2D eigenvalue weighted by Crippen LogP contribution is -2.07. The van der Waals surface area contributed by atoms with Gasteiger partial charge in [0.25, 0.3) is 0 Å². The topological polar surface area (TPSA) is 43.1 Å². The minimum absolute atomic E-state index is 0.0937. The van der Waals surface area contributed by atoms with E-state index in [0.717, 1.165) is 21.2 Å².